The molecule has 0 bridgehead atoms. The Labute approximate surface area is 76.4 Å². The predicted octanol–water partition coefficient (Wildman–Crippen LogP) is 0.537. The van der Waals surface area contributed by atoms with Gasteiger partial charge in [0, 0.05) is 0 Å². The first-order chi connectivity index (χ1) is 5.84. The van der Waals surface area contributed by atoms with E-state index in [2.05, 4.69) is 6.58 Å². The predicted molar refractivity (Wildman–Crippen MR) is 52.6 cm³/mol. The van der Waals surface area contributed by atoms with E-state index < -0.39 is 9.04 Å². The van der Waals surface area contributed by atoms with Gasteiger partial charge in [0.1, 0.15) is 16.4 Å². The highest BCUT2D eigenvalue weighted by Gasteiger charge is 2.25. The molecule has 0 spiro atoms. The third kappa shape index (κ3) is 2.92. The van der Waals surface area contributed by atoms with Crippen LogP contribution in [-0.4, -0.2) is 31.0 Å². The summed E-state index contributed by atoms with van der Waals surface area (Å²) in [5.41, 5.74) is -0.0814. The van der Waals surface area contributed by atoms with Gasteiger partial charge in [-0.25, -0.2) is 0 Å². The van der Waals surface area contributed by atoms with E-state index >= 15 is 0 Å². The largest absolute Gasteiger partial charge is 0.464 e. The third-order valence-electron chi connectivity index (χ3n) is 1.79. The molecule has 1 saturated heterocycles. The molecule has 5 heteroatoms. The average Bonchev–Trinajstić information content (AvgIpc) is 2.15. The smallest absolute Gasteiger partial charge is 0.299 e. The molecule has 0 saturated carbocycles. The molecule has 0 aliphatic carbocycles. The minimum absolute atomic E-state index is 0.0814. The van der Waals surface area contributed by atoms with E-state index in [9.17, 15) is 4.79 Å². The van der Waals surface area contributed by atoms with Crippen molar-refractivity contribution in [2.24, 2.45) is 0 Å². The maximum Gasteiger partial charge on any atom is 0.299 e. The van der Waals surface area contributed by atoms with Crippen LogP contribution in [0.4, 0.5) is 4.79 Å². The zero-order valence-electron chi connectivity index (χ0n) is 7.12. The molecule has 0 radical (unpaired) electrons. The van der Waals surface area contributed by atoms with Gasteiger partial charge in [0.15, 0.2) is 0 Å². The van der Waals surface area contributed by atoms with Crippen LogP contribution in [-0.2, 0) is 8.85 Å². The fourth-order valence-electron chi connectivity index (χ4n) is 1.16. The van der Waals surface area contributed by atoms with Crippen molar-refractivity contribution in [2.75, 3.05) is 6.61 Å². The number of carbonyl (C=O) groups is 1. The van der Waals surface area contributed by atoms with Gasteiger partial charge in [-0.1, -0.05) is 19.1 Å². The van der Waals surface area contributed by atoms with Crippen molar-refractivity contribution >= 4 is 24.4 Å². The lowest BCUT2D eigenvalue weighted by Gasteiger charge is -2.18. The van der Waals surface area contributed by atoms with Gasteiger partial charge in [-0.2, -0.15) is 0 Å². The van der Waals surface area contributed by atoms with Crippen LogP contribution in [0, 0.1) is 0 Å². The monoisotopic (exact) mass is 202 g/mol. The fourth-order valence-corrected chi connectivity index (χ4v) is 6.42. The number of ether oxygens (including phenoxy) is 1. The van der Waals surface area contributed by atoms with Crippen LogP contribution < -0.4 is 0 Å². The van der Waals surface area contributed by atoms with Crippen LogP contribution in [0.2, 0.25) is 12.1 Å². The second kappa shape index (κ2) is 5.28. The van der Waals surface area contributed by atoms with Crippen molar-refractivity contribution in [3.05, 3.63) is 12.7 Å². The molecule has 1 aliphatic rings. The van der Waals surface area contributed by atoms with E-state index in [0.717, 1.165) is 6.04 Å². The normalized spacial score (nSPS) is 25.2. The third-order valence-corrected chi connectivity index (χ3v) is 6.75. The Morgan fingerprint density at radius 1 is 1.83 bits per heavy atom. The molecule has 1 unspecified atom stereocenters. The van der Waals surface area contributed by atoms with Crippen molar-refractivity contribution in [1.82, 2.24) is 0 Å². The lowest BCUT2D eigenvalue weighted by molar-refractivity contribution is 0.180. The molecule has 0 aromatic rings. The maximum absolute atomic E-state index is 11.2. The molecule has 0 N–H and O–H groups in total. The summed E-state index contributed by atoms with van der Waals surface area (Å²) in [7, 11) is -1.97. The summed E-state index contributed by atoms with van der Waals surface area (Å²) in [6, 6.07) is 2.18. The topological polar surface area (TPSA) is 35.5 Å². The van der Waals surface area contributed by atoms with E-state index in [0.29, 0.717) is 6.61 Å². The van der Waals surface area contributed by atoms with E-state index in [1.165, 1.54) is 12.5 Å². The van der Waals surface area contributed by atoms with E-state index in [1.54, 1.807) is 6.08 Å². The Morgan fingerprint density at radius 3 is 3.25 bits per heavy atom. The van der Waals surface area contributed by atoms with Crippen molar-refractivity contribution in [3.63, 3.8) is 0 Å². The number of hydrogen-bond acceptors (Lipinski definition) is 3. The highest BCUT2D eigenvalue weighted by Crippen LogP contribution is 2.11. The van der Waals surface area contributed by atoms with Crippen LogP contribution in [0.25, 0.3) is 0 Å². The van der Waals surface area contributed by atoms with Gasteiger partial charge in [-0.05, 0) is 12.1 Å². The molecule has 1 heterocycles. The van der Waals surface area contributed by atoms with E-state index in [1.807, 2.05) is 0 Å². The van der Waals surface area contributed by atoms with E-state index in [-0.39, 0.29) is 15.4 Å². The lowest BCUT2D eigenvalue weighted by atomic mass is 10.6. The quantitative estimate of drug-likeness (QED) is 0.495. The highest BCUT2D eigenvalue weighted by atomic mass is 28.3. The van der Waals surface area contributed by atoms with Crippen molar-refractivity contribution < 1.29 is 13.6 Å². The van der Waals surface area contributed by atoms with Crippen LogP contribution in [0.1, 0.15) is 6.42 Å². The summed E-state index contributed by atoms with van der Waals surface area (Å²) in [6.45, 7) is 3.81. The Hall–Kier alpha value is -0.396. The first-order valence-corrected chi connectivity index (χ1v) is 7.68. The molecule has 1 atom stereocenters. The second-order valence-electron chi connectivity index (χ2n) is 2.77. The van der Waals surface area contributed by atoms with Crippen molar-refractivity contribution in [3.8, 4) is 0 Å². The van der Waals surface area contributed by atoms with Crippen LogP contribution in [0.5, 0.6) is 0 Å². The Bertz CT molecular complexity index is 166. The van der Waals surface area contributed by atoms with Crippen LogP contribution in [0.15, 0.2) is 12.7 Å². The molecule has 12 heavy (non-hydrogen) atoms. The molecule has 3 nitrogen and oxygen atoms in total. The Balaban J connectivity index is 2.24. The zero-order chi connectivity index (χ0) is 8.81. The summed E-state index contributed by atoms with van der Waals surface area (Å²) >= 11 is 0. The summed E-state index contributed by atoms with van der Waals surface area (Å²) < 4.78 is 10.4. The van der Waals surface area contributed by atoms with E-state index in [4.69, 9.17) is 8.85 Å². The SMILES string of the molecule is C=CCOC(=O)[SiH]1CCC[SiH2]O1. The number of hydrogen-bond donors (Lipinski definition) is 0. The molecule has 68 valence electrons. The molecular formula is C7H14O3Si2. The Morgan fingerprint density at radius 2 is 2.67 bits per heavy atom. The molecule has 0 amide bonds. The standard InChI is InChI=1S/C7H14O3Si2/c1-2-4-9-7(8)12-6-3-5-11-10-12/h2,12H,1,3-6,11H2. The summed E-state index contributed by atoms with van der Waals surface area (Å²) in [5.74, 6) is 0. The lowest BCUT2D eigenvalue weighted by Crippen LogP contribution is -2.34. The minimum Gasteiger partial charge on any atom is -0.464 e. The van der Waals surface area contributed by atoms with Crippen LogP contribution >= 0.6 is 0 Å². The molecule has 0 aromatic carbocycles. The van der Waals surface area contributed by atoms with Gasteiger partial charge in [0.25, 0.3) is 14.6 Å². The average molecular weight is 202 g/mol. The van der Waals surface area contributed by atoms with Crippen molar-refractivity contribution in [2.45, 2.75) is 18.5 Å². The summed E-state index contributed by atoms with van der Waals surface area (Å²) in [4.78, 5) is 11.2. The number of rotatable bonds is 3. The highest BCUT2D eigenvalue weighted by molar-refractivity contribution is 6.86. The van der Waals surface area contributed by atoms with Gasteiger partial charge < -0.3 is 8.85 Å². The molecule has 1 fully saturated rings. The Kier molecular flexibility index (Phi) is 4.27. The zero-order valence-corrected chi connectivity index (χ0v) is 9.69. The minimum atomic E-state index is -1.60. The number of carbonyl (C=O) groups excluding carboxylic acids is 1. The van der Waals surface area contributed by atoms with Gasteiger partial charge in [-0.3, -0.25) is 4.79 Å². The maximum atomic E-state index is 11.2. The summed E-state index contributed by atoms with van der Waals surface area (Å²) in [5, 5.41) is 0. The second-order valence-corrected chi connectivity index (χ2v) is 7.25. The molecule has 0 aromatic heterocycles. The van der Waals surface area contributed by atoms with Gasteiger partial charge in [-0.15, -0.1) is 0 Å². The molecule has 1 aliphatic heterocycles. The van der Waals surface area contributed by atoms with Gasteiger partial charge in [0.2, 0.25) is 0 Å². The van der Waals surface area contributed by atoms with Gasteiger partial charge >= 0.3 is 0 Å². The van der Waals surface area contributed by atoms with Crippen molar-refractivity contribution in [1.29, 1.82) is 0 Å². The molecule has 1 rings (SSSR count). The fraction of sp³-hybridized carbons (Fsp3) is 0.571. The first kappa shape index (κ1) is 9.69. The van der Waals surface area contributed by atoms with Crippen LogP contribution in [0.3, 0.4) is 0 Å². The van der Waals surface area contributed by atoms with Gasteiger partial charge in [0.05, 0.1) is 0 Å². The summed E-state index contributed by atoms with van der Waals surface area (Å²) in [6.07, 6.45) is 2.76. The first-order valence-electron chi connectivity index (χ1n) is 4.23. The molecular weight excluding hydrogens is 188 g/mol.